The smallest absolute Gasteiger partial charge is 0.239 e. The molecular formula is C10H21ClN2O2S. The van der Waals surface area contributed by atoms with Gasteiger partial charge in [0.2, 0.25) is 5.91 Å². The fourth-order valence-corrected chi connectivity index (χ4v) is 2.62. The third-order valence-corrected chi connectivity index (χ3v) is 4.31. The summed E-state index contributed by atoms with van der Waals surface area (Å²) in [6.07, 6.45) is 0.909. The summed E-state index contributed by atoms with van der Waals surface area (Å²) in [5, 5.41) is 0. The molecule has 1 saturated heterocycles. The van der Waals surface area contributed by atoms with Gasteiger partial charge in [-0.05, 0) is 5.92 Å². The highest BCUT2D eigenvalue weighted by molar-refractivity contribution is 7.85. The minimum absolute atomic E-state index is 0. The summed E-state index contributed by atoms with van der Waals surface area (Å²) in [6, 6.07) is -0.401. The summed E-state index contributed by atoms with van der Waals surface area (Å²) in [6.45, 7) is 5.21. The first-order valence-corrected chi connectivity index (χ1v) is 6.94. The minimum Gasteiger partial charge on any atom is -0.339 e. The third-order valence-electron chi connectivity index (χ3n) is 3.03. The molecule has 0 spiro atoms. The molecule has 0 aromatic carbocycles. The van der Waals surface area contributed by atoms with E-state index in [2.05, 4.69) is 0 Å². The average Bonchev–Trinajstić information content (AvgIpc) is 2.27. The van der Waals surface area contributed by atoms with Gasteiger partial charge in [-0.25, -0.2) is 0 Å². The quantitative estimate of drug-likeness (QED) is 0.805. The zero-order valence-electron chi connectivity index (χ0n) is 9.85. The standard InChI is InChI=1S/C10H20N2O2S.ClH/c1-3-8(2)9(11)10(13)12-4-6-15(14)7-5-12;/h8-9H,3-7,11H2,1-2H3;1H. The highest BCUT2D eigenvalue weighted by atomic mass is 35.5. The van der Waals surface area contributed by atoms with Crippen LogP contribution in [0.4, 0.5) is 0 Å². The number of nitrogens with zero attached hydrogens (tertiary/aromatic N) is 1. The van der Waals surface area contributed by atoms with Gasteiger partial charge in [-0.3, -0.25) is 9.00 Å². The Hall–Kier alpha value is -0.130. The molecule has 2 unspecified atom stereocenters. The van der Waals surface area contributed by atoms with Gasteiger partial charge in [-0.1, -0.05) is 20.3 Å². The summed E-state index contributed by atoms with van der Waals surface area (Å²) in [5.41, 5.74) is 5.87. The summed E-state index contributed by atoms with van der Waals surface area (Å²) in [5.74, 6) is 1.42. The molecule has 2 atom stereocenters. The fourth-order valence-electron chi connectivity index (χ4n) is 1.57. The van der Waals surface area contributed by atoms with E-state index in [0.717, 1.165) is 6.42 Å². The molecular weight excluding hydrogens is 248 g/mol. The fraction of sp³-hybridized carbons (Fsp3) is 0.900. The van der Waals surface area contributed by atoms with Crippen LogP contribution in [0.2, 0.25) is 0 Å². The molecule has 1 aliphatic heterocycles. The van der Waals surface area contributed by atoms with E-state index in [1.54, 1.807) is 4.90 Å². The molecule has 1 fully saturated rings. The molecule has 0 radical (unpaired) electrons. The van der Waals surface area contributed by atoms with Crippen LogP contribution in [-0.4, -0.2) is 45.7 Å². The lowest BCUT2D eigenvalue weighted by Crippen LogP contribution is -2.51. The molecule has 0 bridgehead atoms. The lowest BCUT2D eigenvalue weighted by molar-refractivity contribution is -0.133. The third kappa shape index (κ3) is 4.03. The number of nitrogens with two attached hydrogens (primary N) is 1. The molecule has 0 saturated carbocycles. The number of amides is 1. The summed E-state index contributed by atoms with van der Waals surface area (Å²) in [7, 11) is -0.738. The Kier molecular flexibility index (Phi) is 7.19. The number of carbonyl (C=O) groups excluding carboxylic acids is 1. The highest BCUT2D eigenvalue weighted by Gasteiger charge is 2.27. The topological polar surface area (TPSA) is 63.4 Å². The Morgan fingerprint density at radius 1 is 1.44 bits per heavy atom. The molecule has 6 heteroatoms. The first-order chi connectivity index (χ1) is 7.06. The Morgan fingerprint density at radius 3 is 2.38 bits per heavy atom. The van der Waals surface area contributed by atoms with E-state index >= 15 is 0 Å². The van der Waals surface area contributed by atoms with Crippen molar-refractivity contribution in [2.24, 2.45) is 11.7 Å². The Morgan fingerprint density at radius 2 is 1.94 bits per heavy atom. The van der Waals surface area contributed by atoms with Crippen molar-refractivity contribution in [3.8, 4) is 0 Å². The van der Waals surface area contributed by atoms with E-state index in [-0.39, 0.29) is 24.2 Å². The van der Waals surface area contributed by atoms with Crippen molar-refractivity contribution in [3.05, 3.63) is 0 Å². The Balaban J connectivity index is 0.00000225. The zero-order valence-corrected chi connectivity index (χ0v) is 11.5. The van der Waals surface area contributed by atoms with Gasteiger partial charge in [0.25, 0.3) is 0 Å². The first kappa shape index (κ1) is 15.9. The molecule has 1 aliphatic rings. The van der Waals surface area contributed by atoms with E-state index in [0.29, 0.717) is 24.6 Å². The highest BCUT2D eigenvalue weighted by Crippen LogP contribution is 2.10. The summed E-state index contributed by atoms with van der Waals surface area (Å²) in [4.78, 5) is 13.7. The molecule has 0 aromatic heterocycles. The van der Waals surface area contributed by atoms with E-state index < -0.39 is 16.8 Å². The van der Waals surface area contributed by atoms with Gasteiger partial charge < -0.3 is 10.6 Å². The molecule has 1 heterocycles. The van der Waals surface area contributed by atoms with Crippen molar-refractivity contribution in [2.45, 2.75) is 26.3 Å². The molecule has 4 nitrogen and oxygen atoms in total. The van der Waals surface area contributed by atoms with Gasteiger partial charge in [-0.2, -0.15) is 0 Å². The Labute approximate surface area is 106 Å². The zero-order chi connectivity index (χ0) is 11.4. The maximum Gasteiger partial charge on any atom is 0.239 e. The molecule has 1 amide bonds. The van der Waals surface area contributed by atoms with Crippen LogP contribution in [0.1, 0.15) is 20.3 Å². The second-order valence-electron chi connectivity index (χ2n) is 4.08. The van der Waals surface area contributed by atoms with E-state index in [1.807, 2.05) is 13.8 Å². The van der Waals surface area contributed by atoms with Gasteiger partial charge in [0, 0.05) is 35.4 Å². The molecule has 2 N–H and O–H groups in total. The molecule has 96 valence electrons. The van der Waals surface area contributed by atoms with Crippen LogP contribution < -0.4 is 5.73 Å². The molecule has 0 aromatic rings. The average molecular weight is 269 g/mol. The lowest BCUT2D eigenvalue weighted by atomic mass is 9.99. The SMILES string of the molecule is CCC(C)C(N)C(=O)N1CCS(=O)CC1.Cl. The molecule has 1 rings (SSSR count). The van der Waals surface area contributed by atoms with Gasteiger partial charge in [-0.15, -0.1) is 12.4 Å². The van der Waals surface area contributed by atoms with Gasteiger partial charge in [0.1, 0.15) is 0 Å². The van der Waals surface area contributed by atoms with E-state index in [9.17, 15) is 9.00 Å². The second-order valence-corrected chi connectivity index (χ2v) is 5.78. The predicted molar refractivity (Wildman–Crippen MR) is 69.1 cm³/mol. The van der Waals surface area contributed by atoms with Crippen LogP contribution in [0.15, 0.2) is 0 Å². The summed E-state index contributed by atoms with van der Waals surface area (Å²) >= 11 is 0. The van der Waals surface area contributed by atoms with Crippen LogP contribution in [0, 0.1) is 5.92 Å². The maximum atomic E-state index is 11.9. The number of rotatable bonds is 3. The Bertz CT molecular complexity index is 253. The van der Waals surface area contributed by atoms with Crippen LogP contribution in [0.3, 0.4) is 0 Å². The van der Waals surface area contributed by atoms with Gasteiger partial charge in [0.05, 0.1) is 6.04 Å². The van der Waals surface area contributed by atoms with Gasteiger partial charge in [0.15, 0.2) is 0 Å². The van der Waals surface area contributed by atoms with Crippen LogP contribution in [-0.2, 0) is 15.6 Å². The monoisotopic (exact) mass is 268 g/mol. The molecule has 0 aliphatic carbocycles. The predicted octanol–water partition coefficient (Wildman–Crippen LogP) is 0.372. The van der Waals surface area contributed by atoms with Crippen LogP contribution in [0.25, 0.3) is 0 Å². The largest absolute Gasteiger partial charge is 0.339 e. The minimum atomic E-state index is -0.738. The van der Waals surface area contributed by atoms with E-state index in [4.69, 9.17) is 5.73 Å². The van der Waals surface area contributed by atoms with Gasteiger partial charge >= 0.3 is 0 Å². The maximum absolute atomic E-state index is 11.9. The van der Waals surface area contributed by atoms with Crippen molar-refractivity contribution >= 4 is 29.1 Å². The lowest BCUT2D eigenvalue weighted by Gasteiger charge is -2.30. The summed E-state index contributed by atoms with van der Waals surface area (Å²) < 4.78 is 11.1. The van der Waals surface area contributed by atoms with Crippen molar-refractivity contribution < 1.29 is 9.00 Å². The van der Waals surface area contributed by atoms with E-state index in [1.165, 1.54) is 0 Å². The van der Waals surface area contributed by atoms with Crippen molar-refractivity contribution in [3.63, 3.8) is 0 Å². The second kappa shape index (κ2) is 7.25. The number of carbonyl (C=O) groups is 1. The van der Waals surface area contributed by atoms with Crippen molar-refractivity contribution in [1.82, 2.24) is 4.90 Å². The normalized spacial score (nSPS) is 21.1. The number of hydrogen-bond donors (Lipinski definition) is 1. The van der Waals surface area contributed by atoms with Crippen molar-refractivity contribution in [2.75, 3.05) is 24.6 Å². The number of halogens is 1. The first-order valence-electron chi connectivity index (χ1n) is 5.45. The van der Waals surface area contributed by atoms with Crippen molar-refractivity contribution in [1.29, 1.82) is 0 Å². The van der Waals surface area contributed by atoms with Crippen LogP contribution >= 0.6 is 12.4 Å². The number of hydrogen-bond acceptors (Lipinski definition) is 3. The molecule has 16 heavy (non-hydrogen) atoms. The van der Waals surface area contributed by atoms with Crippen LogP contribution in [0.5, 0.6) is 0 Å².